The molecule has 0 spiro atoms. The Morgan fingerprint density at radius 1 is 1.13 bits per heavy atom. The summed E-state index contributed by atoms with van der Waals surface area (Å²) >= 11 is 0. The van der Waals surface area contributed by atoms with Gasteiger partial charge in [0.05, 0.1) is 6.61 Å². The lowest BCUT2D eigenvalue weighted by atomic mass is 10.1. The Morgan fingerprint density at radius 3 is 2.61 bits per heavy atom. The molecule has 3 rings (SSSR count). The van der Waals surface area contributed by atoms with E-state index in [1.807, 2.05) is 6.92 Å². The van der Waals surface area contributed by atoms with Crippen molar-refractivity contribution in [2.45, 2.75) is 45.6 Å². The molecule has 0 bridgehead atoms. The van der Waals surface area contributed by atoms with E-state index in [1.54, 1.807) is 4.90 Å². The first-order valence-corrected chi connectivity index (χ1v) is 11.9. The molecule has 1 atom stereocenters. The molecule has 0 aliphatic carbocycles. The summed E-state index contributed by atoms with van der Waals surface area (Å²) in [5.41, 5.74) is 1.41. The normalized spacial score (nSPS) is 20.6. The van der Waals surface area contributed by atoms with Crippen LogP contribution in [0.1, 0.15) is 38.7 Å². The number of amides is 1. The molecule has 1 aromatic rings. The van der Waals surface area contributed by atoms with E-state index >= 15 is 0 Å². The highest BCUT2D eigenvalue weighted by molar-refractivity contribution is 5.80. The van der Waals surface area contributed by atoms with Crippen molar-refractivity contribution in [1.29, 1.82) is 0 Å². The van der Waals surface area contributed by atoms with Crippen molar-refractivity contribution in [3.63, 3.8) is 0 Å². The third kappa shape index (κ3) is 7.73. The fourth-order valence-corrected chi connectivity index (χ4v) is 4.35. The Labute approximate surface area is 187 Å². The summed E-state index contributed by atoms with van der Waals surface area (Å²) in [7, 11) is 0. The van der Waals surface area contributed by atoms with Crippen molar-refractivity contribution in [2.24, 2.45) is 10.9 Å². The predicted octanol–water partition coefficient (Wildman–Crippen LogP) is 2.73. The van der Waals surface area contributed by atoms with Crippen LogP contribution in [0.25, 0.3) is 0 Å². The monoisotopic (exact) mass is 429 g/mol. The molecule has 2 saturated heterocycles. The standard InChI is InChI=1S/C24H39N5O2/c1-3-25-23(27-22-12-16-29(17-13-22)24(30)31-4-2)26-18-21-11-15-28(19-21)14-10-20-8-6-5-7-9-20/h5-9,21-22H,3-4,10-19H2,1-2H3,(H2,25,26,27). The number of aliphatic imine (C=N–C) groups is 1. The number of hydrogen-bond donors (Lipinski definition) is 2. The predicted molar refractivity (Wildman–Crippen MR) is 125 cm³/mol. The van der Waals surface area contributed by atoms with E-state index in [9.17, 15) is 4.79 Å². The van der Waals surface area contributed by atoms with E-state index in [2.05, 4.69) is 52.8 Å². The van der Waals surface area contributed by atoms with Crippen LogP contribution in [-0.4, -0.2) is 80.3 Å². The van der Waals surface area contributed by atoms with Crippen LogP contribution in [-0.2, 0) is 11.2 Å². The molecule has 1 aromatic carbocycles. The van der Waals surface area contributed by atoms with Gasteiger partial charge in [0.25, 0.3) is 0 Å². The first-order valence-electron chi connectivity index (χ1n) is 11.9. The zero-order valence-corrected chi connectivity index (χ0v) is 19.2. The Bertz CT molecular complexity index is 688. The third-order valence-corrected chi connectivity index (χ3v) is 6.14. The van der Waals surface area contributed by atoms with Crippen LogP contribution in [0.2, 0.25) is 0 Å². The van der Waals surface area contributed by atoms with Crippen molar-refractivity contribution in [3.8, 4) is 0 Å². The molecule has 7 heteroatoms. The van der Waals surface area contributed by atoms with Gasteiger partial charge in [-0.2, -0.15) is 0 Å². The highest BCUT2D eigenvalue weighted by Gasteiger charge is 2.25. The number of benzene rings is 1. The van der Waals surface area contributed by atoms with E-state index in [-0.39, 0.29) is 6.09 Å². The number of carbonyl (C=O) groups is 1. The van der Waals surface area contributed by atoms with Gasteiger partial charge in [0.2, 0.25) is 0 Å². The maximum Gasteiger partial charge on any atom is 0.409 e. The molecule has 0 aromatic heterocycles. The summed E-state index contributed by atoms with van der Waals surface area (Å²) in [6.07, 6.45) is 3.97. The van der Waals surface area contributed by atoms with Crippen LogP contribution in [0.3, 0.4) is 0 Å². The molecule has 0 saturated carbocycles. The van der Waals surface area contributed by atoms with Crippen molar-refractivity contribution < 1.29 is 9.53 Å². The first kappa shape index (κ1) is 23.4. The fraction of sp³-hybridized carbons (Fsp3) is 0.667. The number of nitrogens with one attached hydrogen (secondary N) is 2. The van der Waals surface area contributed by atoms with Gasteiger partial charge >= 0.3 is 6.09 Å². The Hall–Kier alpha value is -2.28. The minimum Gasteiger partial charge on any atom is -0.450 e. The Kier molecular flexibility index (Phi) is 9.46. The summed E-state index contributed by atoms with van der Waals surface area (Å²) in [4.78, 5) is 21.1. The number of nitrogens with zero attached hydrogens (tertiary/aromatic N) is 3. The van der Waals surface area contributed by atoms with Gasteiger partial charge in [-0.3, -0.25) is 4.99 Å². The highest BCUT2D eigenvalue weighted by Crippen LogP contribution is 2.17. The molecule has 1 amide bonds. The van der Waals surface area contributed by atoms with Gasteiger partial charge in [0.15, 0.2) is 5.96 Å². The molecule has 2 aliphatic rings. The van der Waals surface area contributed by atoms with Gasteiger partial charge in [-0.05, 0) is 57.6 Å². The topological polar surface area (TPSA) is 69.2 Å². The van der Waals surface area contributed by atoms with E-state index < -0.39 is 0 Å². The van der Waals surface area contributed by atoms with Crippen LogP contribution in [0.5, 0.6) is 0 Å². The minimum atomic E-state index is -0.195. The third-order valence-electron chi connectivity index (χ3n) is 6.14. The number of piperidine rings is 1. The summed E-state index contributed by atoms with van der Waals surface area (Å²) in [5, 5.41) is 6.96. The van der Waals surface area contributed by atoms with Gasteiger partial charge in [-0.25, -0.2) is 4.79 Å². The second-order valence-electron chi connectivity index (χ2n) is 8.52. The fourth-order valence-electron chi connectivity index (χ4n) is 4.35. The molecule has 2 aliphatic heterocycles. The molecule has 31 heavy (non-hydrogen) atoms. The zero-order valence-electron chi connectivity index (χ0n) is 19.2. The van der Waals surface area contributed by atoms with Gasteiger partial charge in [-0.15, -0.1) is 0 Å². The quantitative estimate of drug-likeness (QED) is 0.491. The molecule has 172 valence electrons. The maximum absolute atomic E-state index is 11.9. The molecule has 0 radical (unpaired) electrons. The van der Waals surface area contributed by atoms with Crippen molar-refractivity contribution in [1.82, 2.24) is 20.4 Å². The lowest BCUT2D eigenvalue weighted by molar-refractivity contribution is 0.0963. The number of guanidine groups is 1. The molecular formula is C24H39N5O2. The van der Waals surface area contributed by atoms with Crippen LogP contribution in [0.4, 0.5) is 4.79 Å². The number of hydrogen-bond acceptors (Lipinski definition) is 4. The van der Waals surface area contributed by atoms with Crippen molar-refractivity contribution >= 4 is 12.1 Å². The summed E-state index contributed by atoms with van der Waals surface area (Å²) in [6, 6.07) is 11.1. The average molecular weight is 430 g/mol. The SMILES string of the molecule is CCNC(=NCC1CCN(CCc2ccccc2)C1)NC1CCN(C(=O)OCC)CC1. The average Bonchev–Trinajstić information content (AvgIpc) is 3.25. The summed E-state index contributed by atoms with van der Waals surface area (Å²) in [5.74, 6) is 1.52. The minimum absolute atomic E-state index is 0.195. The van der Waals surface area contributed by atoms with E-state index in [1.165, 1.54) is 18.5 Å². The number of ether oxygens (including phenoxy) is 1. The van der Waals surface area contributed by atoms with E-state index in [0.29, 0.717) is 18.6 Å². The number of likely N-dealkylation sites (tertiary alicyclic amines) is 2. The Morgan fingerprint density at radius 2 is 1.90 bits per heavy atom. The highest BCUT2D eigenvalue weighted by atomic mass is 16.6. The first-order chi connectivity index (χ1) is 15.2. The maximum atomic E-state index is 11.9. The van der Waals surface area contributed by atoms with Gasteiger partial charge < -0.3 is 25.2 Å². The van der Waals surface area contributed by atoms with Gasteiger partial charge in [0.1, 0.15) is 0 Å². The van der Waals surface area contributed by atoms with Crippen molar-refractivity contribution in [3.05, 3.63) is 35.9 Å². The lowest BCUT2D eigenvalue weighted by Crippen LogP contribution is -2.50. The number of carbonyl (C=O) groups excluding carboxylic acids is 1. The van der Waals surface area contributed by atoms with Gasteiger partial charge in [0, 0.05) is 45.3 Å². The number of rotatable bonds is 8. The van der Waals surface area contributed by atoms with E-state index in [0.717, 1.165) is 64.5 Å². The van der Waals surface area contributed by atoms with Crippen molar-refractivity contribution in [2.75, 3.05) is 52.4 Å². The van der Waals surface area contributed by atoms with Crippen LogP contribution < -0.4 is 10.6 Å². The molecule has 2 N–H and O–H groups in total. The van der Waals surface area contributed by atoms with Gasteiger partial charge in [-0.1, -0.05) is 30.3 Å². The second-order valence-corrected chi connectivity index (χ2v) is 8.52. The van der Waals surface area contributed by atoms with Crippen LogP contribution in [0.15, 0.2) is 35.3 Å². The zero-order chi connectivity index (χ0) is 21.9. The molecule has 7 nitrogen and oxygen atoms in total. The largest absolute Gasteiger partial charge is 0.450 e. The molecular weight excluding hydrogens is 390 g/mol. The molecule has 1 unspecified atom stereocenters. The second kappa shape index (κ2) is 12.5. The smallest absolute Gasteiger partial charge is 0.409 e. The van der Waals surface area contributed by atoms with E-state index in [4.69, 9.17) is 9.73 Å². The Balaban J connectivity index is 1.40. The molecule has 2 heterocycles. The summed E-state index contributed by atoms with van der Waals surface area (Å²) < 4.78 is 5.11. The summed E-state index contributed by atoms with van der Waals surface area (Å²) in [6.45, 7) is 11.0. The van der Waals surface area contributed by atoms with Crippen LogP contribution in [0, 0.1) is 5.92 Å². The molecule has 2 fully saturated rings. The lowest BCUT2D eigenvalue weighted by Gasteiger charge is -2.32. The van der Waals surface area contributed by atoms with Crippen LogP contribution >= 0.6 is 0 Å².